The Morgan fingerprint density at radius 1 is 1.17 bits per heavy atom. The molecular formula is C18H21N3OS. The molecule has 1 aromatic carbocycles. The maximum Gasteiger partial charge on any atom is 0.319 e. The molecule has 3 rings (SSSR count). The number of fused-ring (bicyclic) bond motifs is 1. The molecule has 3 aromatic rings. The highest BCUT2D eigenvalue weighted by Gasteiger charge is 2.28. The van der Waals surface area contributed by atoms with E-state index >= 15 is 0 Å². The third-order valence-electron chi connectivity index (χ3n) is 3.81. The van der Waals surface area contributed by atoms with Gasteiger partial charge < -0.3 is 15.6 Å². The summed E-state index contributed by atoms with van der Waals surface area (Å²) in [6.45, 7) is 6.39. The van der Waals surface area contributed by atoms with Crippen molar-refractivity contribution in [3.8, 4) is 0 Å². The van der Waals surface area contributed by atoms with Crippen molar-refractivity contribution in [2.45, 2.75) is 26.8 Å². The number of thiophene rings is 1. The van der Waals surface area contributed by atoms with Gasteiger partial charge in [0.15, 0.2) is 0 Å². The Morgan fingerprint density at radius 3 is 2.70 bits per heavy atom. The second-order valence-corrected chi connectivity index (χ2v) is 7.64. The average Bonchev–Trinajstić information content (AvgIpc) is 3.15. The molecule has 1 atom stereocenters. The van der Waals surface area contributed by atoms with E-state index in [0.29, 0.717) is 0 Å². The number of aromatic nitrogens is 1. The van der Waals surface area contributed by atoms with Crippen LogP contribution in [0, 0.1) is 5.41 Å². The van der Waals surface area contributed by atoms with E-state index in [1.54, 1.807) is 11.3 Å². The van der Waals surface area contributed by atoms with Gasteiger partial charge in [0.05, 0.1) is 11.7 Å². The third kappa shape index (κ3) is 3.40. The van der Waals surface area contributed by atoms with E-state index in [9.17, 15) is 4.79 Å². The highest BCUT2D eigenvalue weighted by molar-refractivity contribution is 7.10. The van der Waals surface area contributed by atoms with Crippen molar-refractivity contribution in [3.05, 3.63) is 52.9 Å². The second kappa shape index (κ2) is 6.08. The Hall–Kier alpha value is -2.27. The predicted molar refractivity (Wildman–Crippen MR) is 97.0 cm³/mol. The molecule has 0 radical (unpaired) electrons. The Bertz CT molecular complexity index is 799. The molecule has 0 fully saturated rings. The van der Waals surface area contributed by atoms with Crippen LogP contribution < -0.4 is 10.6 Å². The quantitative estimate of drug-likeness (QED) is 0.613. The highest BCUT2D eigenvalue weighted by Crippen LogP contribution is 2.35. The third-order valence-corrected chi connectivity index (χ3v) is 4.75. The summed E-state index contributed by atoms with van der Waals surface area (Å²) in [5.74, 6) is 0. The second-order valence-electron chi connectivity index (χ2n) is 6.66. The minimum absolute atomic E-state index is 0.0343. The number of benzene rings is 1. The van der Waals surface area contributed by atoms with E-state index < -0.39 is 0 Å². The van der Waals surface area contributed by atoms with E-state index in [0.717, 1.165) is 21.5 Å². The maximum atomic E-state index is 12.5. The number of hydrogen-bond donors (Lipinski definition) is 3. The van der Waals surface area contributed by atoms with E-state index in [1.165, 1.54) is 0 Å². The minimum Gasteiger partial charge on any atom is -0.361 e. The van der Waals surface area contributed by atoms with Crippen molar-refractivity contribution in [2.75, 3.05) is 5.32 Å². The molecule has 0 aliphatic carbocycles. The fourth-order valence-corrected chi connectivity index (χ4v) is 3.67. The van der Waals surface area contributed by atoms with E-state index in [-0.39, 0.29) is 17.5 Å². The van der Waals surface area contributed by atoms with Crippen LogP contribution in [-0.4, -0.2) is 11.0 Å². The fraction of sp³-hybridized carbons (Fsp3) is 0.278. The van der Waals surface area contributed by atoms with Crippen molar-refractivity contribution < 1.29 is 4.79 Å². The molecule has 0 saturated heterocycles. The van der Waals surface area contributed by atoms with Gasteiger partial charge in [0.2, 0.25) is 0 Å². The molecule has 0 aliphatic heterocycles. The zero-order valence-electron chi connectivity index (χ0n) is 13.5. The first-order chi connectivity index (χ1) is 10.9. The molecular weight excluding hydrogens is 306 g/mol. The zero-order chi connectivity index (χ0) is 16.4. The Morgan fingerprint density at radius 2 is 2.00 bits per heavy atom. The number of aromatic amines is 1. The molecule has 5 heteroatoms. The van der Waals surface area contributed by atoms with Crippen molar-refractivity contribution in [3.63, 3.8) is 0 Å². The fourth-order valence-electron chi connectivity index (χ4n) is 2.65. The van der Waals surface area contributed by atoms with Crippen molar-refractivity contribution in [1.29, 1.82) is 0 Å². The minimum atomic E-state index is -0.188. The lowest BCUT2D eigenvalue weighted by molar-refractivity contribution is 0.230. The molecule has 1 unspecified atom stereocenters. The first-order valence-electron chi connectivity index (χ1n) is 7.62. The van der Waals surface area contributed by atoms with E-state index in [1.807, 2.05) is 41.9 Å². The summed E-state index contributed by atoms with van der Waals surface area (Å²) in [4.78, 5) is 16.8. The van der Waals surface area contributed by atoms with Crippen LogP contribution in [0.25, 0.3) is 10.9 Å². The summed E-state index contributed by atoms with van der Waals surface area (Å²) in [5, 5.41) is 9.13. The van der Waals surface area contributed by atoms with Crippen LogP contribution in [0.3, 0.4) is 0 Å². The normalized spacial score (nSPS) is 13.0. The summed E-state index contributed by atoms with van der Waals surface area (Å²) in [5.41, 5.74) is 1.75. The lowest BCUT2D eigenvalue weighted by atomic mass is 9.86. The van der Waals surface area contributed by atoms with Gasteiger partial charge in [-0.05, 0) is 35.1 Å². The number of hydrogen-bond acceptors (Lipinski definition) is 2. The number of urea groups is 1. The summed E-state index contributed by atoms with van der Waals surface area (Å²) >= 11 is 1.66. The lowest BCUT2D eigenvalue weighted by Gasteiger charge is -2.30. The van der Waals surface area contributed by atoms with Gasteiger partial charge >= 0.3 is 6.03 Å². The Labute approximate surface area is 139 Å². The van der Waals surface area contributed by atoms with Gasteiger partial charge in [0, 0.05) is 22.0 Å². The van der Waals surface area contributed by atoms with E-state index in [4.69, 9.17) is 0 Å². The van der Waals surface area contributed by atoms with E-state index in [2.05, 4.69) is 42.5 Å². The molecule has 2 heterocycles. The zero-order valence-corrected chi connectivity index (χ0v) is 14.3. The molecule has 23 heavy (non-hydrogen) atoms. The van der Waals surface area contributed by atoms with Gasteiger partial charge in [-0.25, -0.2) is 4.79 Å². The van der Waals surface area contributed by atoms with Crippen LogP contribution >= 0.6 is 11.3 Å². The van der Waals surface area contributed by atoms with Crippen LogP contribution in [-0.2, 0) is 0 Å². The SMILES string of the molecule is CC(C)(C)C(NC(=O)Nc1cccc2[nH]ccc12)c1cccs1. The lowest BCUT2D eigenvalue weighted by Crippen LogP contribution is -2.38. The largest absolute Gasteiger partial charge is 0.361 e. The number of nitrogens with one attached hydrogen (secondary N) is 3. The first-order valence-corrected chi connectivity index (χ1v) is 8.50. The van der Waals surface area contributed by atoms with Crippen molar-refractivity contribution >= 4 is 34.0 Å². The molecule has 4 nitrogen and oxygen atoms in total. The van der Waals surface area contributed by atoms with Crippen molar-refractivity contribution in [1.82, 2.24) is 10.3 Å². The molecule has 2 aromatic heterocycles. The average molecular weight is 327 g/mol. The van der Waals surface area contributed by atoms with Gasteiger partial charge in [-0.2, -0.15) is 0 Å². The van der Waals surface area contributed by atoms with Crippen LogP contribution in [0.5, 0.6) is 0 Å². The standard InChI is InChI=1S/C18H21N3OS/c1-18(2,3)16(15-8-5-11-23-15)21-17(22)20-14-7-4-6-13-12(14)9-10-19-13/h4-11,16,19H,1-3H3,(H2,20,21,22). The van der Waals surface area contributed by atoms with Gasteiger partial charge in [-0.3, -0.25) is 0 Å². The Kier molecular flexibility index (Phi) is 4.13. The number of anilines is 1. The molecule has 0 spiro atoms. The smallest absolute Gasteiger partial charge is 0.319 e. The molecule has 2 amide bonds. The summed E-state index contributed by atoms with van der Waals surface area (Å²) in [6, 6.07) is 11.6. The molecule has 0 aliphatic rings. The summed E-state index contributed by atoms with van der Waals surface area (Å²) < 4.78 is 0. The molecule has 0 saturated carbocycles. The Balaban J connectivity index is 1.79. The molecule has 0 bridgehead atoms. The predicted octanol–water partition coefficient (Wildman–Crippen LogP) is 5.14. The van der Waals surface area contributed by atoms with Gasteiger partial charge in [0.25, 0.3) is 0 Å². The van der Waals surface area contributed by atoms with Crippen LogP contribution in [0.1, 0.15) is 31.7 Å². The van der Waals surface area contributed by atoms with Crippen LogP contribution in [0.15, 0.2) is 48.0 Å². The molecule has 120 valence electrons. The summed E-state index contributed by atoms with van der Waals surface area (Å²) in [7, 11) is 0. The van der Waals surface area contributed by atoms with Crippen LogP contribution in [0.4, 0.5) is 10.5 Å². The number of amides is 2. The van der Waals surface area contributed by atoms with Crippen LogP contribution in [0.2, 0.25) is 0 Å². The number of carbonyl (C=O) groups is 1. The van der Waals surface area contributed by atoms with Gasteiger partial charge in [-0.15, -0.1) is 11.3 Å². The van der Waals surface area contributed by atoms with Gasteiger partial charge in [-0.1, -0.05) is 32.9 Å². The monoisotopic (exact) mass is 327 g/mol. The number of rotatable bonds is 3. The first kappa shape index (κ1) is 15.6. The summed E-state index contributed by atoms with van der Waals surface area (Å²) in [6.07, 6.45) is 1.87. The topological polar surface area (TPSA) is 56.9 Å². The molecule has 3 N–H and O–H groups in total. The number of carbonyl (C=O) groups excluding carboxylic acids is 1. The maximum absolute atomic E-state index is 12.5. The van der Waals surface area contributed by atoms with Crippen molar-refractivity contribution in [2.24, 2.45) is 5.41 Å². The van der Waals surface area contributed by atoms with Gasteiger partial charge in [0.1, 0.15) is 0 Å². The highest BCUT2D eigenvalue weighted by atomic mass is 32.1. The number of H-pyrrole nitrogens is 1.